The summed E-state index contributed by atoms with van der Waals surface area (Å²) in [5, 5.41) is 0. The summed E-state index contributed by atoms with van der Waals surface area (Å²) < 4.78 is 23.0. The van der Waals surface area contributed by atoms with E-state index < -0.39 is 12.2 Å². The van der Waals surface area contributed by atoms with Crippen molar-refractivity contribution in [2.45, 2.75) is 90.3 Å². The molecule has 2 rings (SSSR count). The number of carbonyl (C=O) groups is 2. The second kappa shape index (κ2) is 13.8. The van der Waals surface area contributed by atoms with E-state index in [2.05, 4.69) is 39.0 Å². The number of allylic oxidation sites excluding steroid dienone is 3. The van der Waals surface area contributed by atoms with Crippen LogP contribution in [0.5, 0.6) is 0 Å². The van der Waals surface area contributed by atoms with E-state index in [1.807, 2.05) is 0 Å². The van der Waals surface area contributed by atoms with Crippen LogP contribution in [-0.2, 0) is 23.7 Å². The maximum atomic E-state index is 12.1. The molecule has 192 valence electrons. The lowest BCUT2D eigenvalue weighted by Gasteiger charge is -2.34. The van der Waals surface area contributed by atoms with Crippen molar-refractivity contribution in [1.29, 1.82) is 0 Å². The van der Waals surface area contributed by atoms with Crippen LogP contribution in [-0.4, -0.2) is 68.2 Å². The zero-order valence-electron chi connectivity index (χ0n) is 21.7. The normalized spacial score (nSPS) is 26.5. The molecule has 2 saturated heterocycles. The second-order valence-corrected chi connectivity index (χ2v) is 10.2. The molecule has 0 aromatic heterocycles. The van der Waals surface area contributed by atoms with Gasteiger partial charge in [-0.1, -0.05) is 23.8 Å². The van der Waals surface area contributed by atoms with E-state index in [1.54, 1.807) is 27.1 Å². The molecule has 2 aliphatic heterocycles. The Bertz CT molecular complexity index is 746. The van der Waals surface area contributed by atoms with Gasteiger partial charge >= 0.3 is 6.09 Å². The molecule has 0 aromatic rings. The van der Waals surface area contributed by atoms with Crippen molar-refractivity contribution in [2.24, 2.45) is 5.92 Å². The van der Waals surface area contributed by atoms with Crippen LogP contribution in [0.4, 0.5) is 4.79 Å². The predicted octanol–water partition coefficient (Wildman–Crippen LogP) is 5.21. The highest BCUT2D eigenvalue weighted by Crippen LogP contribution is 2.28. The molecule has 0 radical (unpaired) electrons. The number of nitrogens with zero attached hydrogens (tertiary/aromatic N) is 1. The second-order valence-electron chi connectivity index (χ2n) is 10.2. The van der Waals surface area contributed by atoms with Gasteiger partial charge in [0.25, 0.3) is 0 Å². The smallest absolute Gasteiger partial charge is 0.409 e. The number of amides is 1. The zero-order valence-corrected chi connectivity index (χ0v) is 21.7. The average molecular weight is 478 g/mol. The molecule has 0 saturated carbocycles. The van der Waals surface area contributed by atoms with Gasteiger partial charge in [-0.25, -0.2) is 4.79 Å². The van der Waals surface area contributed by atoms with Crippen LogP contribution in [0, 0.1) is 5.92 Å². The number of ketones is 1. The molecule has 34 heavy (non-hydrogen) atoms. The first-order valence-electron chi connectivity index (χ1n) is 12.4. The Morgan fingerprint density at radius 1 is 1.18 bits per heavy atom. The third kappa shape index (κ3) is 11.0. The molecule has 2 heterocycles. The fraction of sp³-hybridized carbons (Fsp3) is 0.704. The van der Waals surface area contributed by atoms with Crippen molar-refractivity contribution in [2.75, 3.05) is 27.3 Å². The molecule has 0 bridgehead atoms. The highest BCUT2D eigenvalue weighted by molar-refractivity contribution is 5.89. The molecule has 2 unspecified atom stereocenters. The SMILES string of the molecule is CC(C=CC1CCCC(C)(C)O1)=CCC1OCC(CCC(=O)C=CC(C)OC(=O)N(C)C)CO1. The van der Waals surface area contributed by atoms with Crippen molar-refractivity contribution >= 4 is 11.9 Å². The first-order chi connectivity index (χ1) is 16.0. The van der Waals surface area contributed by atoms with Crippen molar-refractivity contribution in [3.63, 3.8) is 0 Å². The Morgan fingerprint density at radius 3 is 2.53 bits per heavy atom. The molecule has 0 N–H and O–H groups in total. The minimum Gasteiger partial charge on any atom is -0.442 e. The molecule has 2 fully saturated rings. The van der Waals surface area contributed by atoms with Crippen LogP contribution in [0.25, 0.3) is 0 Å². The summed E-state index contributed by atoms with van der Waals surface area (Å²) in [5.74, 6) is 0.208. The summed E-state index contributed by atoms with van der Waals surface area (Å²) in [5.41, 5.74) is 1.13. The topological polar surface area (TPSA) is 74.3 Å². The van der Waals surface area contributed by atoms with Gasteiger partial charge in [-0.05, 0) is 65.5 Å². The third-order valence-corrected chi connectivity index (χ3v) is 5.98. The molecule has 7 nitrogen and oxygen atoms in total. The number of carbonyl (C=O) groups excluding carboxylic acids is 2. The minimum absolute atomic E-state index is 0.00514. The number of hydrogen-bond donors (Lipinski definition) is 0. The number of rotatable bonds is 10. The fourth-order valence-electron chi connectivity index (χ4n) is 3.86. The predicted molar refractivity (Wildman–Crippen MR) is 133 cm³/mol. The minimum atomic E-state index is -0.450. The van der Waals surface area contributed by atoms with Gasteiger partial charge in [0.05, 0.1) is 24.9 Å². The summed E-state index contributed by atoms with van der Waals surface area (Å²) in [4.78, 5) is 25.0. The van der Waals surface area contributed by atoms with Crippen LogP contribution in [0.2, 0.25) is 0 Å². The lowest BCUT2D eigenvalue weighted by molar-refractivity contribution is -0.198. The molecule has 2 atom stereocenters. The van der Waals surface area contributed by atoms with Gasteiger partial charge in [0.1, 0.15) is 6.10 Å². The van der Waals surface area contributed by atoms with Crippen molar-refractivity contribution in [3.05, 3.63) is 36.0 Å². The van der Waals surface area contributed by atoms with E-state index in [4.69, 9.17) is 18.9 Å². The largest absolute Gasteiger partial charge is 0.442 e. The summed E-state index contributed by atoms with van der Waals surface area (Å²) in [6.45, 7) is 9.29. The van der Waals surface area contributed by atoms with Gasteiger partial charge in [-0.2, -0.15) is 0 Å². The monoisotopic (exact) mass is 477 g/mol. The Labute approximate surface area is 205 Å². The van der Waals surface area contributed by atoms with Gasteiger partial charge in [0.15, 0.2) is 12.1 Å². The molecule has 2 aliphatic rings. The Kier molecular flexibility index (Phi) is 11.5. The van der Waals surface area contributed by atoms with E-state index >= 15 is 0 Å². The van der Waals surface area contributed by atoms with E-state index in [0.717, 1.165) is 12.8 Å². The summed E-state index contributed by atoms with van der Waals surface area (Å²) in [6.07, 6.45) is 13.8. The van der Waals surface area contributed by atoms with E-state index in [1.165, 1.54) is 23.0 Å². The lowest BCUT2D eigenvalue weighted by atomic mass is 9.95. The lowest BCUT2D eigenvalue weighted by Crippen LogP contribution is -2.34. The van der Waals surface area contributed by atoms with Crippen LogP contribution in [0.3, 0.4) is 0 Å². The fourth-order valence-corrected chi connectivity index (χ4v) is 3.86. The third-order valence-electron chi connectivity index (χ3n) is 5.98. The van der Waals surface area contributed by atoms with E-state index in [9.17, 15) is 9.59 Å². The van der Waals surface area contributed by atoms with Gasteiger partial charge in [-0.3, -0.25) is 4.79 Å². The maximum absolute atomic E-state index is 12.1. The number of hydrogen-bond acceptors (Lipinski definition) is 6. The van der Waals surface area contributed by atoms with Gasteiger partial charge in [0.2, 0.25) is 0 Å². The van der Waals surface area contributed by atoms with Crippen molar-refractivity contribution < 1.29 is 28.5 Å². The zero-order chi connectivity index (χ0) is 25.1. The Balaban J connectivity index is 1.63. The average Bonchev–Trinajstić information content (AvgIpc) is 2.78. The first kappa shape index (κ1) is 28.3. The van der Waals surface area contributed by atoms with Crippen LogP contribution in [0.15, 0.2) is 36.0 Å². The Hall–Kier alpha value is -1.96. The highest BCUT2D eigenvalue weighted by atomic mass is 16.7. The molecule has 0 aromatic carbocycles. The van der Waals surface area contributed by atoms with Gasteiger partial charge < -0.3 is 23.8 Å². The van der Waals surface area contributed by atoms with Crippen LogP contribution >= 0.6 is 0 Å². The van der Waals surface area contributed by atoms with Crippen molar-refractivity contribution in [1.82, 2.24) is 4.90 Å². The van der Waals surface area contributed by atoms with E-state index in [0.29, 0.717) is 32.5 Å². The number of ether oxygens (including phenoxy) is 4. The van der Waals surface area contributed by atoms with Gasteiger partial charge in [-0.15, -0.1) is 0 Å². The summed E-state index contributed by atoms with van der Waals surface area (Å²) >= 11 is 0. The molecule has 1 amide bonds. The molecular weight excluding hydrogens is 434 g/mol. The summed E-state index contributed by atoms with van der Waals surface area (Å²) in [6, 6.07) is 0. The molecule has 0 spiro atoms. The van der Waals surface area contributed by atoms with Crippen LogP contribution < -0.4 is 0 Å². The van der Waals surface area contributed by atoms with Crippen molar-refractivity contribution in [3.8, 4) is 0 Å². The van der Waals surface area contributed by atoms with E-state index in [-0.39, 0.29) is 29.7 Å². The quantitative estimate of drug-likeness (QED) is 0.318. The standard InChI is InChI=1S/C27H43NO6/c1-20(9-15-24-8-7-17-27(3,4)34-24)10-16-25-31-18-22(19-32-25)12-14-23(29)13-11-21(2)33-26(30)28(5)6/h9-11,13,15,21-22,24-25H,7-8,12,14,16-19H2,1-6H3. The highest BCUT2D eigenvalue weighted by Gasteiger charge is 2.27. The van der Waals surface area contributed by atoms with Crippen LogP contribution in [0.1, 0.15) is 66.2 Å². The first-order valence-corrected chi connectivity index (χ1v) is 12.4. The molecular formula is C27H43NO6. The Morgan fingerprint density at radius 2 is 1.88 bits per heavy atom. The van der Waals surface area contributed by atoms with Gasteiger partial charge in [0, 0.05) is 32.9 Å². The molecule has 7 heteroatoms. The summed E-state index contributed by atoms with van der Waals surface area (Å²) in [7, 11) is 3.23. The maximum Gasteiger partial charge on any atom is 0.409 e. The molecule has 0 aliphatic carbocycles.